The van der Waals surface area contributed by atoms with E-state index in [4.69, 9.17) is 10.8 Å². The molecule has 6 N–H and O–H groups in total. The van der Waals surface area contributed by atoms with Crippen molar-refractivity contribution in [1.82, 2.24) is 15.5 Å². The van der Waals surface area contributed by atoms with Gasteiger partial charge < -0.3 is 31.5 Å². The van der Waals surface area contributed by atoms with Crippen LogP contribution in [0.25, 0.3) is 10.8 Å². The number of fused-ring (bicyclic) bond motifs is 1. The molecule has 2 aromatic rings. The first-order valence-corrected chi connectivity index (χ1v) is 12.6. The predicted octanol–water partition coefficient (Wildman–Crippen LogP) is 1.98. The number of rotatable bonds is 13. The number of nitrogens with one attached hydrogen (secondary N) is 2. The standard InChI is InChI=1S/C25H33N5O6.C2H6/c1-30(2)25(26)27-14-6-11-19(28-21(31)12-13-22(32)33)23(34)29-20(24(35)36)15-17-9-5-8-16-7-3-4-10-18(16)17;1-2/h3-5,7-10,19-20H,6,11-15H2,1-2H3,(H2,26,27)(H,28,31)(H,29,34)(H,32,33)(H,35,36);1-2H3. The summed E-state index contributed by atoms with van der Waals surface area (Å²) in [4.78, 5) is 53.9. The highest BCUT2D eigenvalue weighted by Gasteiger charge is 2.27. The molecule has 2 aromatic carbocycles. The fourth-order valence-corrected chi connectivity index (χ4v) is 3.55. The summed E-state index contributed by atoms with van der Waals surface area (Å²) in [7, 11) is 3.47. The zero-order chi connectivity index (χ0) is 28.7. The van der Waals surface area contributed by atoms with E-state index in [0.717, 1.165) is 16.3 Å². The highest BCUT2D eigenvalue weighted by atomic mass is 16.4. The lowest BCUT2D eigenvalue weighted by Crippen LogP contribution is -2.52. The molecule has 0 heterocycles. The normalized spacial score (nSPS) is 12.5. The maximum absolute atomic E-state index is 13.0. The first-order valence-electron chi connectivity index (χ1n) is 12.6. The van der Waals surface area contributed by atoms with Crippen LogP contribution in [0.4, 0.5) is 0 Å². The maximum atomic E-state index is 13.0. The highest BCUT2D eigenvalue weighted by Crippen LogP contribution is 2.20. The average molecular weight is 530 g/mol. The van der Waals surface area contributed by atoms with Crippen LogP contribution in [0.2, 0.25) is 0 Å². The minimum absolute atomic E-state index is 0.0474. The molecular weight excluding hydrogens is 490 g/mol. The molecule has 0 spiro atoms. The van der Waals surface area contributed by atoms with Gasteiger partial charge in [0.05, 0.1) is 6.42 Å². The SMILES string of the molecule is CC.CN(C)C(N)=NCCCC(NC(=O)CCC(=O)O)C(=O)NC(Cc1cccc2ccccc12)C(=O)O. The fraction of sp³-hybridized carbons (Fsp3) is 0.444. The Morgan fingerprint density at radius 3 is 2.24 bits per heavy atom. The number of aliphatic imine (C=N–C) groups is 1. The van der Waals surface area contributed by atoms with Crippen molar-refractivity contribution in [2.24, 2.45) is 10.7 Å². The van der Waals surface area contributed by atoms with Crippen LogP contribution < -0.4 is 16.4 Å². The number of carboxylic acid groups (broad SMARTS) is 2. The number of nitrogens with zero attached hydrogens (tertiary/aromatic N) is 2. The van der Waals surface area contributed by atoms with E-state index in [0.29, 0.717) is 12.4 Å². The molecule has 0 aromatic heterocycles. The van der Waals surface area contributed by atoms with Gasteiger partial charge in [-0.15, -0.1) is 0 Å². The van der Waals surface area contributed by atoms with Gasteiger partial charge in [-0.25, -0.2) is 4.79 Å². The Labute approximate surface area is 223 Å². The average Bonchev–Trinajstić information content (AvgIpc) is 2.89. The molecule has 38 heavy (non-hydrogen) atoms. The van der Waals surface area contributed by atoms with Gasteiger partial charge in [0.2, 0.25) is 11.8 Å². The summed E-state index contributed by atoms with van der Waals surface area (Å²) in [6.07, 6.45) is -0.0972. The van der Waals surface area contributed by atoms with Crippen molar-refractivity contribution in [3.63, 3.8) is 0 Å². The molecular formula is C27H39N5O6. The molecule has 11 heteroatoms. The number of carboxylic acids is 2. The van der Waals surface area contributed by atoms with Crippen molar-refractivity contribution in [2.45, 2.75) is 58.0 Å². The first-order chi connectivity index (χ1) is 18.1. The van der Waals surface area contributed by atoms with Crippen molar-refractivity contribution in [1.29, 1.82) is 0 Å². The Morgan fingerprint density at radius 1 is 0.947 bits per heavy atom. The van der Waals surface area contributed by atoms with Crippen molar-refractivity contribution >= 4 is 40.5 Å². The summed E-state index contributed by atoms with van der Waals surface area (Å²) in [5.74, 6) is -3.33. The Balaban J connectivity index is 0.00000352. The Kier molecular flexibility index (Phi) is 13.9. The van der Waals surface area contributed by atoms with E-state index in [1.54, 1.807) is 19.0 Å². The summed E-state index contributed by atoms with van der Waals surface area (Å²) in [6, 6.07) is 10.8. The van der Waals surface area contributed by atoms with Crippen LogP contribution in [-0.2, 0) is 25.6 Å². The van der Waals surface area contributed by atoms with Crippen LogP contribution >= 0.6 is 0 Å². The quantitative estimate of drug-likeness (QED) is 0.149. The fourth-order valence-electron chi connectivity index (χ4n) is 3.55. The molecule has 0 saturated heterocycles. The van der Waals surface area contributed by atoms with Gasteiger partial charge in [0.15, 0.2) is 5.96 Å². The largest absolute Gasteiger partial charge is 0.481 e. The molecule has 2 unspecified atom stereocenters. The summed E-state index contributed by atoms with van der Waals surface area (Å²) >= 11 is 0. The molecule has 2 amide bonds. The number of hydrogen-bond acceptors (Lipinski definition) is 5. The van der Waals surface area contributed by atoms with E-state index in [1.165, 1.54) is 0 Å². The van der Waals surface area contributed by atoms with Gasteiger partial charge in [-0.05, 0) is 29.2 Å². The molecule has 0 radical (unpaired) electrons. The van der Waals surface area contributed by atoms with E-state index in [-0.39, 0.29) is 32.2 Å². The van der Waals surface area contributed by atoms with Crippen LogP contribution in [0.5, 0.6) is 0 Å². The zero-order valence-corrected chi connectivity index (χ0v) is 22.4. The Hall–Kier alpha value is -4.15. The van der Waals surface area contributed by atoms with E-state index in [1.807, 2.05) is 56.3 Å². The zero-order valence-electron chi connectivity index (χ0n) is 22.4. The molecule has 2 rings (SSSR count). The summed E-state index contributed by atoms with van der Waals surface area (Å²) in [6.45, 7) is 4.29. The van der Waals surface area contributed by atoms with Crippen molar-refractivity contribution in [3.05, 3.63) is 48.0 Å². The lowest BCUT2D eigenvalue weighted by molar-refractivity contribution is -0.142. The minimum Gasteiger partial charge on any atom is -0.481 e. The van der Waals surface area contributed by atoms with Crippen molar-refractivity contribution in [3.8, 4) is 0 Å². The number of carbonyl (C=O) groups excluding carboxylic acids is 2. The Morgan fingerprint density at radius 2 is 1.61 bits per heavy atom. The van der Waals surface area contributed by atoms with Gasteiger partial charge in [0, 0.05) is 33.5 Å². The summed E-state index contributed by atoms with van der Waals surface area (Å²) in [5, 5.41) is 25.5. The predicted molar refractivity (Wildman–Crippen MR) is 147 cm³/mol. The van der Waals surface area contributed by atoms with E-state index in [2.05, 4.69) is 15.6 Å². The second-order valence-electron chi connectivity index (χ2n) is 8.53. The van der Waals surface area contributed by atoms with Crippen molar-refractivity contribution < 1.29 is 29.4 Å². The number of guanidine groups is 1. The van der Waals surface area contributed by atoms with Crippen LogP contribution in [0, 0.1) is 0 Å². The highest BCUT2D eigenvalue weighted by molar-refractivity contribution is 5.92. The number of nitrogens with two attached hydrogens (primary N) is 1. The lowest BCUT2D eigenvalue weighted by atomic mass is 9.98. The van der Waals surface area contributed by atoms with Crippen molar-refractivity contribution in [2.75, 3.05) is 20.6 Å². The van der Waals surface area contributed by atoms with Gasteiger partial charge in [-0.1, -0.05) is 56.3 Å². The van der Waals surface area contributed by atoms with Crippen LogP contribution in [0.1, 0.15) is 45.1 Å². The first kappa shape index (κ1) is 31.9. The molecule has 0 aliphatic heterocycles. The van der Waals surface area contributed by atoms with E-state index < -0.39 is 35.8 Å². The van der Waals surface area contributed by atoms with Gasteiger partial charge >= 0.3 is 11.9 Å². The molecule has 0 bridgehead atoms. The second-order valence-corrected chi connectivity index (χ2v) is 8.53. The topological polar surface area (TPSA) is 174 Å². The monoisotopic (exact) mass is 529 g/mol. The smallest absolute Gasteiger partial charge is 0.326 e. The Bertz CT molecular complexity index is 1110. The molecule has 0 aliphatic rings. The second kappa shape index (κ2) is 16.6. The third-order valence-corrected chi connectivity index (χ3v) is 5.52. The molecule has 0 aliphatic carbocycles. The molecule has 0 saturated carbocycles. The number of carbonyl (C=O) groups is 4. The molecule has 11 nitrogen and oxygen atoms in total. The molecule has 0 fully saturated rings. The van der Waals surface area contributed by atoms with Gasteiger partial charge in [0.1, 0.15) is 12.1 Å². The van der Waals surface area contributed by atoms with Gasteiger partial charge in [0.25, 0.3) is 0 Å². The third-order valence-electron chi connectivity index (χ3n) is 5.52. The number of hydrogen-bond donors (Lipinski definition) is 5. The minimum atomic E-state index is -1.23. The van der Waals surface area contributed by atoms with Crippen LogP contribution in [0.3, 0.4) is 0 Å². The van der Waals surface area contributed by atoms with Gasteiger partial charge in [-0.3, -0.25) is 19.4 Å². The van der Waals surface area contributed by atoms with E-state index in [9.17, 15) is 24.3 Å². The molecule has 208 valence electrons. The number of amides is 2. The number of benzene rings is 2. The molecule has 2 atom stereocenters. The van der Waals surface area contributed by atoms with Crippen LogP contribution in [0.15, 0.2) is 47.5 Å². The summed E-state index contributed by atoms with van der Waals surface area (Å²) in [5.41, 5.74) is 6.52. The number of aliphatic carboxylic acids is 2. The third kappa shape index (κ3) is 10.9. The van der Waals surface area contributed by atoms with Gasteiger partial charge in [-0.2, -0.15) is 0 Å². The summed E-state index contributed by atoms with van der Waals surface area (Å²) < 4.78 is 0. The van der Waals surface area contributed by atoms with Crippen LogP contribution in [-0.4, -0.2) is 77.5 Å². The lowest BCUT2D eigenvalue weighted by Gasteiger charge is -2.22. The maximum Gasteiger partial charge on any atom is 0.326 e. The van der Waals surface area contributed by atoms with E-state index >= 15 is 0 Å².